The third-order valence-corrected chi connectivity index (χ3v) is 5.36. The van der Waals surface area contributed by atoms with E-state index in [2.05, 4.69) is 4.57 Å². The van der Waals surface area contributed by atoms with Gasteiger partial charge in [0.2, 0.25) is 5.91 Å². The molecule has 1 amide bonds. The van der Waals surface area contributed by atoms with Crippen molar-refractivity contribution in [3.8, 4) is 5.75 Å². The smallest absolute Gasteiger partial charge is 0.230 e. The average Bonchev–Trinajstić information content (AvgIpc) is 2.97. The lowest BCUT2D eigenvalue weighted by Gasteiger charge is -2.29. The molecule has 25 heavy (non-hydrogen) atoms. The molecule has 0 fully saturated rings. The highest BCUT2D eigenvalue weighted by Crippen LogP contribution is 2.43. The third kappa shape index (κ3) is 2.90. The Kier molecular flexibility index (Phi) is 5.30. The van der Waals surface area contributed by atoms with Crippen molar-refractivity contribution in [2.75, 3.05) is 26.9 Å². The first-order valence-corrected chi connectivity index (χ1v) is 9.20. The predicted octanol–water partition coefficient (Wildman–Crippen LogP) is 3.91. The molecule has 3 rings (SSSR count). The molecule has 2 aromatic rings. The number of halogens is 1. The number of benzene rings is 1. The van der Waals surface area contributed by atoms with Gasteiger partial charge in [-0.3, -0.25) is 4.79 Å². The van der Waals surface area contributed by atoms with Crippen molar-refractivity contribution in [1.29, 1.82) is 0 Å². The van der Waals surface area contributed by atoms with Crippen LogP contribution in [-0.2, 0) is 17.8 Å². The Morgan fingerprint density at radius 2 is 2.12 bits per heavy atom. The lowest BCUT2D eigenvalue weighted by molar-refractivity contribution is -0.132. The van der Waals surface area contributed by atoms with Gasteiger partial charge < -0.3 is 14.2 Å². The second-order valence-electron chi connectivity index (χ2n) is 6.51. The Morgan fingerprint density at radius 3 is 2.76 bits per heavy atom. The number of nitrogens with zero attached hydrogens (tertiary/aromatic N) is 2. The van der Waals surface area contributed by atoms with Crippen LogP contribution in [0.5, 0.6) is 5.75 Å². The molecule has 1 aromatic carbocycles. The summed E-state index contributed by atoms with van der Waals surface area (Å²) in [6.07, 6.45) is 2.68. The molecule has 5 heteroatoms. The summed E-state index contributed by atoms with van der Waals surface area (Å²) in [5.74, 6) is 0.782. The van der Waals surface area contributed by atoms with E-state index >= 15 is 0 Å². The van der Waals surface area contributed by atoms with E-state index in [4.69, 9.17) is 4.74 Å². The summed E-state index contributed by atoms with van der Waals surface area (Å²) >= 11 is 0. The van der Waals surface area contributed by atoms with Crippen LogP contribution in [0.25, 0.3) is 10.9 Å². The first-order valence-electron chi connectivity index (χ1n) is 9.20. The number of ether oxygens (including phenoxy) is 1. The summed E-state index contributed by atoms with van der Waals surface area (Å²) in [7, 11) is 1.65. The maximum absolute atomic E-state index is 13.2. The summed E-state index contributed by atoms with van der Waals surface area (Å²) in [6, 6.07) is 5.86. The van der Waals surface area contributed by atoms with Gasteiger partial charge in [0.15, 0.2) is 0 Å². The molecular weight excluding hydrogens is 319 g/mol. The van der Waals surface area contributed by atoms with Crippen LogP contribution in [-0.4, -0.2) is 42.2 Å². The molecule has 4 nitrogen and oxygen atoms in total. The number of fused-ring (bicyclic) bond motifs is 3. The maximum Gasteiger partial charge on any atom is 0.230 e. The van der Waals surface area contributed by atoms with Gasteiger partial charge in [-0.25, -0.2) is 4.39 Å². The molecule has 1 aliphatic carbocycles. The molecule has 0 spiro atoms. The zero-order valence-electron chi connectivity index (χ0n) is 15.3. The number of likely N-dealkylation sites (N-methyl/N-ethyl adjacent to an activating group) is 1. The zero-order chi connectivity index (χ0) is 18.0. The van der Waals surface area contributed by atoms with Crippen molar-refractivity contribution < 1.29 is 13.9 Å². The average molecular weight is 346 g/mol. The van der Waals surface area contributed by atoms with Gasteiger partial charge in [0.25, 0.3) is 0 Å². The number of hydrogen-bond donors (Lipinski definition) is 0. The lowest BCUT2D eigenvalue weighted by Crippen LogP contribution is -2.36. The van der Waals surface area contributed by atoms with Gasteiger partial charge in [0, 0.05) is 24.2 Å². The number of aromatic nitrogens is 1. The van der Waals surface area contributed by atoms with Crippen molar-refractivity contribution >= 4 is 16.8 Å². The van der Waals surface area contributed by atoms with E-state index in [0.717, 1.165) is 47.2 Å². The number of hydrogen-bond acceptors (Lipinski definition) is 2. The SMILES string of the molecule is CCN(CC)C(=O)[C@@H]1CCCc2c1c1c(OC)cccc1n2CCF. The molecule has 0 bridgehead atoms. The van der Waals surface area contributed by atoms with Gasteiger partial charge in [0.05, 0.1) is 25.1 Å². The second-order valence-corrected chi connectivity index (χ2v) is 6.51. The highest BCUT2D eigenvalue weighted by molar-refractivity contribution is 5.97. The van der Waals surface area contributed by atoms with Crippen LogP contribution in [0.15, 0.2) is 18.2 Å². The van der Waals surface area contributed by atoms with Crippen LogP contribution in [0, 0.1) is 0 Å². The van der Waals surface area contributed by atoms with Crippen molar-refractivity contribution in [3.63, 3.8) is 0 Å². The van der Waals surface area contributed by atoms with Crippen LogP contribution in [0.3, 0.4) is 0 Å². The van der Waals surface area contributed by atoms with Crippen LogP contribution in [0.1, 0.15) is 43.9 Å². The van der Waals surface area contributed by atoms with Crippen LogP contribution in [0.4, 0.5) is 4.39 Å². The highest BCUT2D eigenvalue weighted by Gasteiger charge is 2.34. The number of methoxy groups -OCH3 is 1. The molecule has 0 saturated carbocycles. The monoisotopic (exact) mass is 346 g/mol. The van der Waals surface area contributed by atoms with Crippen molar-refractivity contribution in [1.82, 2.24) is 9.47 Å². The fourth-order valence-corrected chi connectivity index (χ4v) is 4.23. The van der Waals surface area contributed by atoms with Crippen molar-refractivity contribution in [2.24, 2.45) is 0 Å². The predicted molar refractivity (Wildman–Crippen MR) is 98.1 cm³/mol. The van der Waals surface area contributed by atoms with Gasteiger partial charge in [-0.2, -0.15) is 0 Å². The minimum absolute atomic E-state index is 0.164. The first kappa shape index (κ1) is 17.8. The molecule has 0 saturated heterocycles. The fourth-order valence-electron chi connectivity index (χ4n) is 4.23. The molecule has 136 valence electrons. The van der Waals surface area contributed by atoms with E-state index in [0.29, 0.717) is 19.6 Å². The van der Waals surface area contributed by atoms with E-state index in [-0.39, 0.29) is 11.8 Å². The number of rotatable bonds is 6. The van der Waals surface area contributed by atoms with Crippen molar-refractivity contribution in [3.05, 3.63) is 29.5 Å². The highest BCUT2D eigenvalue weighted by atomic mass is 19.1. The van der Waals surface area contributed by atoms with E-state index in [9.17, 15) is 9.18 Å². The maximum atomic E-state index is 13.2. The minimum Gasteiger partial charge on any atom is -0.496 e. The van der Waals surface area contributed by atoms with E-state index in [1.807, 2.05) is 36.9 Å². The largest absolute Gasteiger partial charge is 0.496 e. The zero-order valence-corrected chi connectivity index (χ0v) is 15.3. The standard InChI is InChI=1S/C20H27FN2O2/c1-4-22(5-2)20(24)14-8-6-9-15-18(14)19-16(23(15)13-12-21)10-7-11-17(19)25-3/h7,10-11,14H,4-6,8-9,12-13H2,1-3H3/t14-/m1/s1. The Bertz CT molecular complexity index is 765. The molecule has 0 N–H and O–H groups in total. The fraction of sp³-hybridized carbons (Fsp3) is 0.550. The number of alkyl halides is 1. The normalized spacial score (nSPS) is 16.7. The molecule has 1 aliphatic rings. The molecule has 0 unspecified atom stereocenters. The third-order valence-electron chi connectivity index (χ3n) is 5.36. The Balaban J connectivity index is 2.23. The number of aryl methyl sites for hydroxylation is 1. The summed E-state index contributed by atoms with van der Waals surface area (Å²) in [4.78, 5) is 15.0. The van der Waals surface area contributed by atoms with Gasteiger partial charge in [-0.15, -0.1) is 0 Å². The molecule has 0 aliphatic heterocycles. The first-order chi connectivity index (χ1) is 12.2. The Labute approximate surface area is 148 Å². The number of amides is 1. The molecule has 0 radical (unpaired) electrons. The summed E-state index contributed by atoms with van der Waals surface area (Å²) < 4.78 is 20.8. The Morgan fingerprint density at radius 1 is 1.36 bits per heavy atom. The van der Waals surface area contributed by atoms with Crippen molar-refractivity contribution in [2.45, 2.75) is 45.6 Å². The van der Waals surface area contributed by atoms with Gasteiger partial charge in [-0.05, 0) is 50.8 Å². The van der Waals surface area contributed by atoms with Crippen LogP contribution >= 0.6 is 0 Å². The molecular formula is C20H27FN2O2. The minimum atomic E-state index is -0.415. The molecule has 1 atom stereocenters. The molecule has 1 heterocycles. The van der Waals surface area contributed by atoms with E-state index in [1.165, 1.54) is 0 Å². The summed E-state index contributed by atoms with van der Waals surface area (Å²) in [5, 5.41) is 0.985. The summed E-state index contributed by atoms with van der Waals surface area (Å²) in [5.41, 5.74) is 3.14. The second kappa shape index (κ2) is 7.46. The van der Waals surface area contributed by atoms with Gasteiger partial charge in [0.1, 0.15) is 12.4 Å². The van der Waals surface area contributed by atoms with E-state index < -0.39 is 6.67 Å². The lowest BCUT2D eigenvalue weighted by atomic mass is 9.84. The topological polar surface area (TPSA) is 34.5 Å². The number of carbonyl (C=O) groups is 1. The summed E-state index contributed by atoms with van der Waals surface area (Å²) in [6.45, 7) is 5.35. The molecule has 1 aromatic heterocycles. The Hall–Kier alpha value is -2.04. The van der Waals surface area contributed by atoms with Crippen LogP contribution in [0.2, 0.25) is 0 Å². The van der Waals surface area contributed by atoms with Crippen LogP contribution < -0.4 is 4.74 Å². The van der Waals surface area contributed by atoms with E-state index in [1.54, 1.807) is 7.11 Å². The van der Waals surface area contributed by atoms with Gasteiger partial charge in [-0.1, -0.05) is 6.07 Å². The number of carbonyl (C=O) groups excluding carboxylic acids is 1. The van der Waals surface area contributed by atoms with Gasteiger partial charge >= 0.3 is 0 Å². The quantitative estimate of drug-likeness (QED) is 0.795.